The highest BCUT2D eigenvalue weighted by atomic mass is 35.5. The van der Waals surface area contributed by atoms with E-state index in [4.69, 9.17) is 55.9 Å². The highest BCUT2D eigenvalue weighted by molar-refractivity contribution is 6.37. The third-order valence-corrected chi connectivity index (χ3v) is 8.88. The van der Waals surface area contributed by atoms with E-state index >= 15 is 0 Å². The molecule has 0 amide bonds. The summed E-state index contributed by atoms with van der Waals surface area (Å²) in [6, 6.07) is 20.9. The fourth-order valence-electron chi connectivity index (χ4n) is 5.30. The summed E-state index contributed by atoms with van der Waals surface area (Å²) >= 11 is 24.2. The number of ketones is 1. The number of benzene rings is 4. The number of aromatic amines is 1. The number of nitrogens with one attached hydrogen (secondary N) is 1. The summed E-state index contributed by atoms with van der Waals surface area (Å²) in [5, 5.41) is 3.95. The lowest BCUT2D eigenvalue weighted by Gasteiger charge is -2.09. The molecule has 0 aliphatic rings. The molecular formula is C36H28Cl4N2O5. The Kier molecular flexibility index (Phi) is 10.3. The maximum absolute atomic E-state index is 12.8. The number of hydrogen-bond donors (Lipinski definition) is 1. The molecule has 0 saturated carbocycles. The highest BCUT2D eigenvalue weighted by Gasteiger charge is 2.20. The number of nitrogens with zero attached hydrogens (tertiary/aromatic N) is 1. The van der Waals surface area contributed by atoms with Crippen molar-refractivity contribution in [3.63, 3.8) is 0 Å². The zero-order valence-electron chi connectivity index (χ0n) is 25.7. The number of rotatable bonds is 6. The number of carbonyl (C=O) groups excluding carboxylic acids is 3. The molecule has 0 aliphatic carbocycles. The zero-order valence-corrected chi connectivity index (χ0v) is 28.7. The van der Waals surface area contributed by atoms with Crippen LogP contribution >= 0.6 is 46.4 Å². The summed E-state index contributed by atoms with van der Waals surface area (Å²) < 4.78 is 11.6. The molecule has 0 fully saturated rings. The second-order valence-corrected chi connectivity index (χ2v) is 12.4. The minimum atomic E-state index is -0.433. The first-order valence-corrected chi connectivity index (χ1v) is 15.7. The standard InChI is InChI=1S/C18H13Cl2NO3.C18H15Cl2NO2/c1-9-12-5-3-10(18(23)24-2)7-15(12)21-16(9)17(22)13-6-4-11(19)8-14(13)20;1-11-9-21(10-13-3-5-14(19)8-16(13)20)17-7-12(18(22)23-2)4-6-15(11)17/h3-8,21H,1-2H3;3-9H,10H2,1-2H3. The molecule has 0 bridgehead atoms. The van der Waals surface area contributed by atoms with Gasteiger partial charge in [-0.15, -0.1) is 0 Å². The molecule has 0 unspecified atom stereocenters. The van der Waals surface area contributed by atoms with Crippen molar-refractivity contribution >= 4 is 85.9 Å². The van der Waals surface area contributed by atoms with Gasteiger partial charge in [0.25, 0.3) is 0 Å². The molecule has 6 rings (SSSR count). The molecule has 1 N–H and O–H groups in total. The van der Waals surface area contributed by atoms with Gasteiger partial charge in [0.15, 0.2) is 0 Å². The lowest BCUT2D eigenvalue weighted by Crippen LogP contribution is -2.04. The SMILES string of the molecule is COC(=O)c1ccc2c(C)c(C(=O)c3ccc(Cl)cc3Cl)[nH]c2c1.COC(=O)c1ccc2c(C)cn(Cc3ccc(Cl)cc3Cl)c2c1. The summed E-state index contributed by atoms with van der Waals surface area (Å²) in [6.45, 7) is 4.48. The molecule has 0 atom stereocenters. The van der Waals surface area contributed by atoms with Gasteiger partial charge in [0.05, 0.1) is 36.1 Å². The van der Waals surface area contributed by atoms with Gasteiger partial charge in [-0.25, -0.2) is 9.59 Å². The van der Waals surface area contributed by atoms with Gasteiger partial charge in [-0.3, -0.25) is 4.79 Å². The minimum absolute atomic E-state index is 0.231. The van der Waals surface area contributed by atoms with Gasteiger partial charge in [0, 0.05) is 55.2 Å². The fourth-order valence-corrected chi connectivity index (χ4v) is 6.27. The van der Waals surface area contributed by atoms with Crippen molar-refractivity contribution in [1.82, 2.24) is 9.55 Å². The van der Waals surface area contributed by atoms with Crippen molar-refractivity contribution in [2.45, 2.75) is 20.4 Å². The van der Waals surface area contributed by atoms with Crippen LogP contribution in [-0.4, -0.2) is 41.5 Å². The summed E-state index contributed by atoms with van der Waals surface area (Å²) in [5.74, 6) is -1.01. The van der Waals surface area contributed by atoms with Gasteiger partial charge in [0.2, 0.25) is 5.78 Å². The number of esters is 2. The van der Waals surface area contributed by atoms with E-state index in [2.05, 4.69) is 15.7 Å². The quantitative estimate of drug-likeness (QED) is 0.137. The Balaban J connectivity index is 0.000000185. The van der Waals surface area contributed by atoms with Crippen molar-refractivity contribution < 1.29 is 23.9 Å². The third-order valence-electron chi connectivity index (χ3n) is 7.74. The molecule has 6 aromatic rings. The van der Waals surface area contributed by atoms with E-state index in [1.54, 1.807) is 42.5 Å². The number of fused-ring (bicyclic) bond motifs is 2. The van der Waals surface area contributed by atoms with Crippen LogP contribution in [0.5, 0.6) is 0 Å². The van der Waals surface area contributed by atoms with Crippen molar-refractivity contribution in [3.8, 4) is 0 Å². The molecule has 0 aliphatic heterocycles. The lowest BCUT2D eigenvalue weighted by atomic mass is 10.0. The Hall–Kier alpha value is -4.27. The second-order valence-electron chi connectivity index (χ2n) is 10.7. The lowest BCUT2D eigenvalue weighted by molar-refractivity contribution is 0.0592. The second kappa shape index (κ2) is 14.2. The first-order chi connectivity index (χ1) is 22.4. The summed E-state index contributed by atoms with van der Waals surface area (Å²) in [6.07, 6.45) is 2.05. The smallest absolute Gasteiger partial charge is 0.337 e. The average Bonchev–Trinajstić information content (AvgIpc) is 3.56. The van der Waals surface area contributed by atoms with Crippen molar-refractivity contribution in [3.05, 3.63) is 138 Å². The van der Waals surface area contributed by atoms with E-state index in [0.717, 1.165) is 33.0 Å². The Bertz CT molecular complexity index is 2180. The van der Waals surface area contributed by atoms with Gasteiger partial charge in [0.1, 0.15) is 0 Å². The number of hydrogen-bond acceptors (Lipinski definition) is 5. The maximum Gasteiger partial charge on any atom is 0.337 e. The van der Waals surface area contributed by atoms with Crippen LogP contribution < -0.4 is 0 Å². The molecule has 7 nitrogen and oxygen atoms in total. The molecule has 0 saturated heterocycles. The van der Waals surface area contributed by atoms with Gasteiger partial charge in [-0.1, -0.05) is 64.6 Å². The Morgan fingerprint density at radius 1 is 0.723 bits per heavy atom. The minimum Gasteiger partial charge on any atom is -0.465 e. The topological polar surface area (TPSA) is 90.4 Å². The van der Waals surface area contributed by atoms with E-state index in [1.165, 1.54) is 20.3 Å². The Labute approximate surface area is 290 Å². The normalized spacial score (nSPS) is 10.9. The number of carbonyl (C=O) groups is 3. The first kappa shape index (κ1) is 34.1. The molecule has 0 spiro atoms. The first-order valence-electron chi connectivity index (χ1n) is 14.2. The van der Waals surface area contributed by atoms with E-state index < -0.39 is 5.97 Å². The summed E-state index contributed by atoms with van der Waals surface area (Å²) in [7, 11) is 2.70. The molecule has 47 heavy (non-hydrogen) atoms. The number of aromatic nitrogens is 2. The van der Waals surface area contributed by atoms with Crippen LogP contribution in [0, 0.1) is 13.8 Å². The van der Waals surface area contributed by atoms with E-state index in [1.807, 2.05) is 38.1 Å². The van der Waals surface area contributed by atoms with Crippen molar-refractivity contribution in [2.24, 2.45) is 0 Å². The molecule has 11 heteroatoms. The fraction of sp³-hybridized carbons (Fsp3) is 0.139. The van der Waals surface area contributed by atoms with E-state index in [9.17, 15) is 14.4 Å². The van der Waals surface area contributed by atoms with Crippen LogP contribution in [0.25, 0.3) is 21.8 Å². The summed E-state index contributed by atoms with van der Waals surface area (Å²) in [5.41, 5.74) is 6.28. The molecule has 240 valence electrons. The van der Waals surface area contributed by atoms with Gasteiger partial charge in [-0.05, 0) is 85.1 Å². The largest absolute Gasteiger partial charge is 0.465 e. The third kappa shape index (κ3) is 7.19. The van der Waals surface area contributed by atoms with Gasteiger partial charge >= 0.3 is 11.9 Å². The van der Waals surface area contributed by atoms with E-state index in [-0.39, 0.29) is 11.8 Å². The van der Waals surface area contributed by atoms with Crippen LogP contribution in [0.3, 0.4) is 0 Å². The van der Waals surface area contributed by atoms with Crippen LogP contribution in [0.15, 0.2) is 79.0 Å². The molecular weight excluding hydrogens is 682 g/mol. The zero-order chi connectivity index (χ0) is 34.0. The van der Waals surface area contributed by atoms with Gasteiger partial charge < -0.3 is 19.0 Å². The molecule has 2 aromatic heterocycles. The maximum atomic E-state index is 12.8. The molecule has 2 heterocycles. The van der Waals surface area contributed by atoms with E-state index in [0.29, 0.717) is 54.5 Å². The Morgan fingerprint density at radius 3 is 1.94 bits per heavy atom. The number of H-pyrrole nitrogens is 1. The molecule has 4 aromatic carbocycles. The van der Waals surface area contributed by atoms with Gasteiger partial charge in [-0.2, -0.15) is 0 Å². The summed E-state index contributed by atoms with van der Waals surface area (Å²) in [4.78, 5) is 39.3. The van der Waals surface area contributed by atoms with Crippen LogP contribution in [-0.2, 0) is 16.0 Å². The van der Waals surface area contributed by atoms with Crippen molar-refractivity contribution in [1.29, 1.82) is 0 Å². The Morgan fingerprint density at radius 2 is 1.32 bits per heavy atom. The van der Waals surface area contributed by atoms with Crippen molar-refractivity contribution in [2.75, 3.05) is 14.2 Å². The predicted molar refractivity (Wildman–Crippen MR) is 188 cm³/mol. The number of methoxy groups -OCH3 is 2. The average molecular weight is 710 g/mol. The number of aryl methyl sites for hydroxylation is 2. The number of halogens is 4. The monoisotopic (exact) mass is 708 g/mol. The molecule has 0 radical (unpaired) electrons. The highest BCUT2D eigenvalue weighted by Crippen LogP contribution is 2.29. The van der Waals surface area contributed by atoms with Crippen LogP contribution in [0.4, 0.5) is 0 Å². The van der Waals surface area contributed by atoms with Crippen LogP contribution in [0.2, 0.25) is 20.1 Å². The van der Waals surface area contributed by atoms with Crippen LogP contribution in [0.1, 0.15) is 53.5 Å². The predicted octanol–water partition coefficient (Wildman–Crippen LogP) is 9.89. The number of ether oxygens (including phenoxy) is 2.